The number of nitrogens with one attached hydrogen (secondary N) is 1. The van der Waals surface area contributed by atoms with Gasteiger partial charge in [-0.3, -0.25) is 4.98 Å². The third-order valence-electron chi connectivity index (χ3n) is 5.24. The molecule has 30 heavy (non-hydrogen) atoms. The maximum Gasteiger partial charge on any atom is 0.407 e. The number of hydrogen-bond acceptors (Lipinski definition) is 4. The molecular formula is C25H24N2O3. The molecule has 3 aromatic rings. The van der Waals surface area contributed by atoms with Crippen LogP contribution in [0.3, 0.4) is 0 Å². The largest absolute Gasteiger partial charge is 0.449 e. The lowest BCUT2D eigenvalue weighted by Crippen LogP contribution is -2.26. The first-order valence-electron chi connectivity index (χ1n) is 10.1. The SMILES string of the molecule is O=C(NCCC=Cc1cc(CO)ccn1)OCC1c2ccccc2-c2ccccc21. The maximum absolute atomic E-state index is 12.1. The molecule has 2 N–H and O–H groups in total. The Hall–Kier alpha value is -3.44. The molecule has 0 saturated carbocycles. The van der Waals surface area contributed by atoms with Crippen molar-refractivity contribution < 1.29 is 14.6 Å². The lowest BCUT2D eigenvalue weighted by molar-refractivity contribution is 0.143. The maximum atomic E-state index is 12.1. The van der Waals surface area contributed by atoms with E-state index in [0.717, 1.165) is 11.3 Å². The van der Waals surface area contributed by atoms with E-state index in [-0.39, 0.29) is 12.5 Å². The second-order valence-corrected chi connectivity index (χ2v) is 7.19. The number of ether oxygens (including phenoxy) is 1. The number of aliphatic hydroxyl groups excluding tert-OH is 1. The van der Waals surface area contributed by atoms with Crippen molar-refractivity contribution in [2.75, 3.05) is 13.2 Å². The van der Waals surface area contributed by atoms with Crippen molar-refractivity contribution in [2.24, 2.45) is 0 Å². The summed E-state index contributed by atoms with van der Waals surface area (Å²) in [5.41, 5.74) is 6.43. The highest BCUT2D eigenvalue weighted by Crippen LogP contribution is 2.44. The fraction of sp³-hybridized carbons (Fsp3) is 0.200. The van der Waals surface area contributed by atoms with Crippen LogP contribution in [0.5, 0.6) is 0 Å². The van der Waals surface area contributed by atoms with Crippen LogP contribution in [0.2, 0.25) is 0 Å². The van der Waals surface area contributed by atoms with Gasteiger partial charge in [0.05, 0.1) is 12.3 Å². The van der Waals surface area contributed by atoms with Crippen molar-refractivity contribution in [3.05, 3.63) is 95.3 Å². The van der Waals surface area contributed by atoms with Gasteiger partial charge in [0, 0.05) is 18.7 Å². The zero-order chi connectivity index (χ0) is 20.8. The van der Waals surface area contributed by atoms with Gasteiger partial charge in [-0.25, -0.2) is 4.79 Å². The van der Waals surface area contributed by atoms with Crippen molar-refractivity contribution in [2.45, 2.75) is 18.9 Å². The average Bonchev–Trinajstić information content (AvgIpc) is 3.11. The summed E-state index contributed by atoms with van der Waals surface area (Å²) in [6, 6.07) is 20.2. The molecule has 0 bridgehead atoms. The molecule has 4 rings (SSSR count). The second kappa shape index (κ2) is 9.37. The van der Waals surface area contributed by atoms with Crippen molar-refractivity contribution in [3.63, 3.8) is 0 Å². The molecule has 1 aliphatic rings. The molecule has 0 fully saturated rings. The molecule has 5 heteroatoms. The zero-order valence-electron chi connectivity index (χ0n) is 16.6. The van der Waals surface area contributed by atoms with Gasteiger partial charge >= 0.3 is 6.09 Å². The monoisotopic (exact) mass is 400 g/mol. The number of carbonyl (C=O) groups is 1. The number of alkyl carbamates (subject to hydrolysis) is 1. The summed E-state index contributed by atoms with van der Waals surface area (Å²) in [5.74, 6) is 0.0629. The molecule has 152 valence electrons. The molecule has 2 aromatic carbocycles. The van der Waals surface area contributed by atoms with Crippen molar-refractivity contribution in [3.8, 4) is 11.1 Å². The zero-order valence-corrected chi connectivity index (χ0v) is 16.6. The molecule has 1 amide bonds. The highest BCUT2D eigenvalue weighted by Gasteiger charge is 2.28. The Morgan fingerprint density at radius 1 is 1.07 bits per heavy atom. The number of carbonyl (C=O) groups excluding carboxylic acids is 1. The summed E-state index contributed by atoms with van der Waals surface area (Å²) in [4.78, 5) is 16.4. The molecule has 0 spiro atoms. The third-order valence-corrected chi connectivity index (χ3v) is 5.24. The van der Waals surface area contributed by atoms with Crippen LogP contribution >= 0.6 is 0 Å². The molecule has 0 atom stereocenters. The summed E-state index contributed by atoms with van der Waals surface area (Å²) in [6.45, 7) is 0.785. The molecule has 1 heterocycles. The summed E-state index contributed by atoms with van der Waals surface area (Å²) in [7, 11) is 0. The number of benzene rings is 2. The Morgan fingerprint density at radius 3 is 2.47 bits per heavy atom. The molecule has 1 aliphatic carbocycles. The van der Waals surface area contributed by atoms with Crippen LogP contribution in [0, 0.1) is 0 Å². The predicted molar refractivity (Wildman–Crippen MR) is 117 cm³/mol. The predicted octanol–water partition coefficient (Wildman–Crippen LogP) is 4.52. The van der Waals surface area contributed by atoms with Crippen molar-refractivity contribution >= 4 is 12.2 Å². The van der Waals surface area contributed by atoms with Gasteiger partial charge in [-0.2, -0.15) is 0 Å². The van der Waals surface area contributed by atoms with Gasteiger partial charge in [0.15, 0.2) is 0 Å². The topological polar surface area (TPSA) is 71.5 Å². The fourth-order valence-corrected chi connectivity index (χ4v) is 3.79. The molecule has 1 aromatic heterocycles. The Bertz CT molecular complexity index is 1020. The number of nitrogens with zero attached hydrogens (tertiary/aromatic N) is 1. The minimum atomic E-state index is -0.411. The van der Waals surface area contributed by atoms with Crippen LogP contribution in [0.25, 0.3) is 17.2 Å². The van der Waals surface area contributed by atoms with Crippen LogP contribution in [-0.4, -0.2) is 29.3 Å². The molecule has 0 radical (unpaired) electrons. The van der Waals surface area contributed by atoms with Gasteiger partial charge in [-0.1, -0.05) is 54.6 Å². The molecule has 0 saturated heterocycles. The number of aromatic nitrogens is 1. The highest BCUT2D eigenvalue weighted by molar-refractivity contribution is 5.79. The number of rotatable bonds is 7. The van der Waals surface area contributed by atoms with Gasteiger partial charge in [0.25, 0.3) is 0 Å². The van der Waals surface area contributed by atoms with Gasteiger partial charge in [0.2, 0.25) is 0 Å². The smallest absolute Gasteiger partial charge is 0.407 e. The first-order valence-corrected chi connectivity index (χ1v) is 10.1. The highest BCUT2D eigenvalue weighted by atomic mass is 16.5. The number of amides is 1. The fourth-order valence-electron chi connectivity index (χ4n) is 3.79. The first-order chi connectivity index (χ1) is 14.8. The number of hydrogen-bond donors (Lipinski definition) is 2. The Balaban J connectivity index is 1.27. The average molecular weight is 400 g/mol. The first kappa shape index (κ1) is 19.9. The van der Waals surface area contributed by atoms with E-state index in [1.54, 1.807) is 12.3 Å². The van der Waals surface area contributed by atoms with Crippen molar-refractivity contribution in [1.29, 1.82) is 0 Å². The normalized spacial score (nSPS) is 12.6. The van der Waals surface area contributed by atoms with E-state index in [4.69, 9.17) is 9.84 Å². The lowest BCUT2D eigenvalue weighted by Gasteiger charge is -2.14. The molecule has 0 aliphatic heterocycles. The molecular weight excluding hydrogens is 376 g/mol. The van der Waals surface area contributed by atoms with Crippen LogP contribution in [0.1, 0.15) is 34.7 Å². The van der Waals surface area contributed by atoms with Gasteiger partial charge in [0.1, 0.15) is 6.61 Å². The van der Waals surface area contributed by atoms with Gasteiger partial charge in [-0.15, -0.1) is 0 Å². The van der Waals surface area contributed by atoms with E-state index < -0.39 is 6.09 Å². The standard InChI is InChI=1S/C25H24N2O3/c28-16-18-12-14-26-19(15-18)7-5-6-13-27-25(29)30-17-24-22-10-3-1-8-20(22)21-9-2-4-11-23(21)24/h1-5,7-12,14-15,24,28H,6,13,16-17H2,(H,27,29). The summed E-state index contributed by atoms with van der Waals surface area (Å²) >= 11 is 0. The van der Waals surface area contributed by atoms with E-state index in [1.165, 1.54) is 22.3 Å². The van der Waals surface area contributed by atoms with Gasteiger partial charge < -0.3 is 15.2 Å². The molecule has 0 unspecified atom stereocenters. The van der Waals surface area contributed by atoms with Crippen molar-refractivity contribution in [1.82, 2.24) is 10.3 Å². The molecule has 5 nitrogen and oxygen atoms in total. The number of aliphatic hydroxyl groups is 1. The minimum absolute atomic E-state index is 0.00724. The van der Waals surface area contributed by atoms with Crippen LogP contribution in [0.4, 0.5) is 4.79 Å². The Morgan fingerprint density at radius 2 is 1.77 bits per heavy atom. The Kier molecular flexibility index (Phi) is 6.20. The van der Waals surface area contributed by atoms with E-state index in [9.17, 15) is 4.79 Å². The summed E-state index contributed by atoms with van der Waals surface area (Å²) in [6.07, 6.45) is 5.73. The lowest BCUT2D eigenvalue weighted by atomic mass is 9.98. The minimum Gasteiger partial charge on any atom is -0.449 e. The Labute approximate surface area is 176 Å². The number of pyridine rings is 1. The van der Waals surface area contributed by atoms with Crippen LogP contribution in [0.15, 0.2) is 72.9 Å². The van der Waals surface area contributed by atoms with Crippen LogP contribution < -0.4 is 5.32 Å². The van der Waals surface area contributed by atoms with E-state index >= 15 is 0 Å². The third kappa shape index (κ3) is 4.42. The summed E-state index contributed by atoms with van der Waals surface area (Å²) < 4.78 is 5.52. The van der Waals surface area contributed by atoms with E-state index in [0.29, 0.717) is 19.6 Å². The summed E-state index contributed by atoms with van der Waals surface area (Å²) in [5, 5.41) is 11.9. The van der Waals surface area contributed by atoms with Gasteiger partial charge in [-0.05, 0) is 52.4 Å². The van der Waals surface area contributed by atoms with E-state index in [2.05, 4.69) is 34.6 Å². The van der Waals surface area contributed by atoms with E-state index in [1.807, 2.05) is 42.5 Å². The number of fused-ring (bicyclic) bond motifs is 3. The quantitative estimate of drug-likeness (QED) is 0.572. The van der Waals surface area contributed by atoms with Crippen LogP contribution in [-0.2, 0) is 11.3 Å². The second-order valence-electron chi connectivity index (χ2n) is 7.19.